The number of rotatable bonds is 9. The van der Waals surface area contributed by atoms with Crippen molar-refractivity contribution in [2.45, 2.75) is 111 Å². The molecule has 0 atom stereocenters. The number of benzene rings is 4. The molecule has 47 heavy (non-hydrogen) atoms. The maximum Gasteiger partial charge on any atom is -0.00354 e. The van der Waals surface area contributed by atoms with Crippen LogP contribution in [0.2, 0.25) is 0 Å². The van der Waals surface area contributed by atoms with Gasteiger partial charge in [0, 0.05) is 0 Å². The fraction of sp³-hybridized carbons (Fsp3) is 0.362. The minimum atomic E-state index is -0.0737. The van der Waals surface area contributed by atoms with Gasteiger partial charge in [0.05, 0.1) is 0 Å². The van der Waals surface area contributed by atoms with Crippen LogP contribution in [-0.4, -0.2) is 0 Å². The second-order valence-corrected chi connectivity index (χ2v) is 15.9. The Kier molecular flexibility index (Phi) is 9.35. The Morgan fingerprint density at radius 3 is 1.74 bits per heavy atom. The SMILES string of the molecule is CCCCc1ccc(C(c2ccc(CCCC)cc2)=c2cc3c(c(C4=CC=CC4)c2C(C)(C)C)=Cc2cc(C(C)(C)C)ccc2-3)cc1. The molecule has 0 aromatic heterocycles. The van der Waals surface area contributed by atoms with E-state index in [1.807, 2.05) is 0 Å². The summed E-state index contributed by atoms with van der Waals surface area (Å²) in [5.41, 5.74) is 16.6. The molecule has 0 heterocycles. The first-order valence-electron chi connectivity index (χ1n) is 18.1. The summed E-state index contributed by atoms with van der Waals surface area (Å²) in [7, 11) is 0. The third-order valence-corrected chi connectivity index (χ3v) is 10.1. The molecule has 242 valence electrons. The van der Waals surface area contributed by atoms with E-state index in [1.165, 1.54) is 103 Å². The van der Waals surface area contributed by atoms with E-state index >= 15 is 0 Å². The highest BCUT2D eigenvalue weighted by Crippen LogP contribution is 2.37. The van der Waals surface area contributed by atoms with Crippen molar-refractivity contribution >= 4 is 17.2 Å². The number of fused-ring (bicyclic) bond motifs is 3. The molecule has 0 saturated carbocycles. The Labute approximate surface area is 284 Å². The van der Waals surface area contributed by atoms with Crippen LogP contribution in [0.25, 0.3) is 28.3 Å². The van der Waals surface area contributed by atoms with Crippen LogP contribution < -0.4 is 10.4 Å². The molecule has 0 bridgehead atoms. The quantitative estimate of drug-likeness (QED) is 0.154. The molecule has 0 heteroatoms. The summed E-state index contributed by atoms with van der Waals surface area (Å²) in [4.78, 5) is 0. The zero-order valence-corrected chi connectivity index (χ0v) is 30.2. The minimum absolute atomic E-state index is 0.0737. The molecule has 2 aliphatic rings. The van der Waals surface area contributed by atoms with Gasteiger partial charge in [-0.1, -0.05) is 153 Å². The predicted octanol–water partition coefficient (Wildman–Crippen LogP) is 11.4. The van der Waals surface area contributed by atoms with Crippen molar-refractivity contribution in [2.24, 2.45) is 0 Å². The molecule has 4 aromatic carbocycles. The standard InChI is InChI=1S/C47H54/c1-9-11-15-32-19-23-35(24-20-32)43(36-25-21-33(22-26-36)16-12-10-2)42-31-40-39-28-27-38(46(3,4)5)29-37(39)30-41(40)44(34-17-13-14-18-34)45(42)47(6,7)8/h13-14,17,19-31H,9-12,15-16,18H2,1-8H3. The van der Waals surface area contributed by atoms with E-state index in [0.717, 1.165) is 19.3 Å². The lowest BCUT2D eigenvalue weighted by Crippen LogP contribution is -2.32. The molecular formula is C47H54. The van der Waals surface area contributed by atoms with Gasteiger partial charge in [-0.05, 0) is 132 Å². The van der Waals surface area contributed by atoms with E-state index < -0.39 is 0 Å². The first-order chi connectivity index (χ1) is 22.5. The molecule has 0 fully saturated rings. The molecule has 0 nitrogen and oxygen atoms in total. The van der Waals surface area contributed by atoms with E-state index in [1.54, 1.807) is 0 Å². The van der Waals surface area contributed by atoms with Crippen LogP contribution in [0.3, 0.4) is 0 Å². The number of hydrogen-bond donors (Lipinski definition) is 0. The van der Waals surface area contributed by atoms with Crippen molar-refractivity contribution in [3.8, 4) is 11.1 Å². The highest BCUT2D eigenvalue weighted by molar-refractivity contribution is 5.91. The second-order valence-electron chi connectivity index (χ2n) is 15.9. The first-order valence-corrected chi connectivity index (χ1v) is 18.1. The Morgan fingerprint density at radius 1 is 0.660 bits per heavy atom. The highest BCUT2D eigenvalue weighted by atomic mass is 14.3. The molecule has 0 aliphatic heterocycles. The van der Waals surface area contributed by atoms with Crippen LogP contribution in [0.1, 0.15) is 132 Å². The summed E-state index contributed by atoms with van der Waals surface area (Å²) in [6.07, 6.45) is 17.6. The van der Waals surface area contributed by atoms with Crippen molar-refractivity contribution in [1.82, 2.24) is 0 Å². The van der Waals surface area contributed by atoms with Crippen LogP contribution in [-0.2, 0) is 23.7 Å². The van der Waals surface area contributed by atoms with Crippen LogP contribution in [0.4, 0.5) is 0 Å². The number of hydrogen-bond acceptors (Lipinski definition) is 0. The Hall–Kier alpha value is -3.90. The Morgan fingerprint density at radius 2 is 1.26 bits per heavy atom. The maximum absolute atomic E-state index is 2.55. The molecule has 0 amide bonds. The zero-order chi connectivity index (χ0) is 33.3. The van der Waals surface area contributed by atoms with Crippen molar-refractivity contribution in [2.75, 3.05) is 0 Å². The summed E-state index contributed by atoms with van der Waals surface area (Å²) in [5.74, 6) is 0. The van der Waals surface area contributed by atoms with E-state index in [9.17, 15) is 0 Å². The number of unbranched alkanes of at least 4 members (excludes halogenated alkanes) is 2. The maximum atomic E-state index is 2.55. The fourth-order valence-corrected chi connectivity index (χ4v) is 7.48. The van der Waals surface area contributed by atoms with Gasteiger partial charge in [0.1, 0.15) is 0 Å². The second kappa shape index (κ2) is 13.3. The normalized spacial score (nSPS) is 13.7. The molecule has 0 N–H and O–H groups in total. The minimum Gasteiger partial charge on any atom is -0.0801 e. The van der Waals surface area contributed by atoms with E-state index in [-0.39, 0.29) is 10.8 Å². The van der Waals surface area contributed by atoms with Crippen molar-refractivity contribution in [3.63, 3.8) is 0 Å². The topological polar surface area (TPSA) is 0 Å². The van der Waals surface area contributed by atoms with Crippen LogP contribution in [0, 0.1) is 0 Å². The van der Waals surface area contributed by atoms with Crippen LogP contribution in [0.15, 0.2) is 91.0 Å². The first kappa shape index (κ1) is 33.0. The molecule has 0 unspecified atom stereocenters. The third kappa shape index (κ3) is 6.76. The summed E-state index contributed by atoms with van der Waals surface area (Å²) in [6.45, 7) is 18.7. The average molecular weight is 619 g/mol. The summed E-state index contributed by atoms with van der Waals surface area (Å²) < 4.78 is 0. The van der Waals surface area contributed by atoms with Gasteiger partial charge in [-0.25, -0.2) is 0 Å². The summed E-state index contributed by atoms with van der Waals surface area (Å²) >= 11 is 0. The van der Waals surface area contributed by atoms with Crippen molar-refractivity contribution in [1.29, 1.82) is 0 Å². The van der Waals surface area contributed by atoms with E-state index in [0.29, 0.717) is 0 Å². The molecule has 6 rings (SSSR count). The van der Waals surface area contributed by atoms with Crippen molar-refractivity contribution < 1.29 is 0 Å². The van der Waals surface area contributed by atoms with Gasteiger partial charge in [0.2, 0.25) is 0 Å². The molecule has 0 spiro atoms. The molecular weight excluding hydrogens is 565 g/mol. The van der Waals surface area contributed by atoms with Gasteiger partial charge in [-0.15, -0.1) is 0 Å². The van der Waals surface area contributed by atoms with Gasteiger partial charge in [0.15, 0.2) is 0 Å². The molecule has 0 saturated heterocycles. The van der Waals surface area contributed by atoms with Gasteiger partial charge in [0.25, 0.3) is 0 Å². The molecule has 2 aliphatic carbocycles. The zero-order valence-electron chi connectivity index (χ0n) is 30.2. The number of aryl methyl sites for hydroxylation is 2. The largest absolute Gasteiger partial charge is 0.0801 e. The highest BCUT2D eigenvalue weighted by Gasteiger charge is 2.29. The predicted molar refractivity (Wildman–Crippen MR) is 206 cm³/mol. The number of allylic oxidation sites excluding steroid dienone is 4. The smallest absolute Gasteiger partial charge is 0.00354 e. The van der Waals surface area contributed by atoms with Gasteiger partial charge in [-0.3, -0.25) is 0 Å². The Bertz CT molecular complexity index is 1890. The lowest BCUT2D eigenvalue weighted by Gasteiger charge is -2.27. The van der Waals surface area contributed by atoms with E-state index in [2.05, 4.69) is 152 Å². The van der Waals surface area contributed by atoms with Crippen LogP contribution in [0.5, 0.6) is 0 Å². The lowest BCUT2D eigenvalue weighted by atomic mass is 9.76. The lowest BCUT2D eigenvalue weighted by molar-refractivity contribution is 0.583. The van der Waals surface area contributed by atoms with Gasteiger partial charge >= 0.3 is 0 Å². The Balaban J connectivity index is 1.72. The van der Waals surface area contributed by atoms with Crippen molar-refractivity contribution in [3.05, 3.63) is 146 Å². The molecule has 4 aromatic rings. The summed E-state index contributed by atoms with van der Waals surface area (Å²) in [5, 5.41) is 2.75. The third-order valence-electron chi connectivity index (χ3n) is 10.1. The monoisotopic (exact) mass is 618 g/mol. The van der Waals surface area contributed by atoms with Gasteiger partial charge < -0.3 is 0 Å². The van der Waals surface area contributed by atoms with Crippen LogP contribution >= 0.6 is 0 Å². The van der Waals surface area contributed by atoms with E-state index in [4.69, 9.17) is 0 Å². The average Bonchev–Trinajstić information content (AvgIpc) is 3.71. The molecule has 0 radical (unpaired) electrons. The summed E-state index contributed by atoms with van der Waals surface area (Å²) in [6, 6.07) is 28.7. The fourth-order valence-electron chi connectivity index (χ4n) is 7.48. The van der Waals surface area contributed by atoms with Gasteiger partial charge in [-0.2, -0.15) is 0 Å².